The first-order chi connectivity index (χ1) is 6.80. The summed E-state index contributed by atoms with van der Waals surface area (Å²) in [6.07, 6.45) is 2.79. The minimum absolute atomic E-state index is 0.648. The van der Waals surface area contributed by atoms with E-state index in [0.717, 1.165) is 5.92 Å². The topological polar surface area (TPSA) is 12.0 Å². The molecule has 1 aromatic rings. The van der Waals surface area contributed by atoms with Crippen LogP contribution >= 0.6 is 0 Å². The van der Waals surface area contributed by atoms with Crippen molar-refractivity contribution in [2.45, 2.75) is 25.7 Å². The highest BCUT2D eigenvalue weighted by atomic mass is 14.9. The molecule has 0 aromatic heterocycles. The molecule has 2 aliphatic rings. The van der Waals surface area contributed by atoms with Crippen molar-refractivity contribution in [3.8, 4) is 0 Å². The Morgan fingerprint density at radius 2 is 2.07 bits per heavy atom. The van der Waals surface area contributed by atoms with E-state index in [1.54, 1.807) is 5.56 Å². The van der Waals surface area contributed by atoms with Crippen molar-refractivity contribution >= 4 is 0 Å². The first-order valence-corrected chi connectivity index (χ1v) is 5.57. The number of rotatable bonds is 1. The molecule has 1 heteroatoms. The Labute approximate surface area is 85.5 Å². The molecule has 0 amide bonds. The number of nitrogens with one attached hydrogen (secondary N) is 1. The number of benzene rings is 1. The first kappa shape index (κ1) is 8.49. The van der Waals surface area contributed by atoms with Gasteiger partial charge in [0.25, 0.3) is 0 Å². The quantitative estimate of drug-likeness (QED) is 0.712. The fraction of sp³-hybridized carbons (Fsp3) is 0.538. The molecule has 3 rings (SSSR count). The Morgan fingerprint density at radius 3 is 2.71 bits per heavy atom. The van der Waals surface area contributed by atoms with Gasteiger partial charge in [0.2, 0.25) is 0 Å². The van der Waals surface area contributed by atoms with Crippen LogP contribution in [-0.4, -0.2) is 13.1 Å². The van der Waals surface area contributed by atoms with E-state index in [1.807, 2.05) is 0 Å². The van der Waals surface area contributed by atoms with Crippen LogP contribution in [0.4, 0.5) is 0 Å². The highest BCUT2D eigenvalue weighted by molar-refractivity contribution is 5.33. The molecule has 1 aliphatic heterocycles. The van der Waals surface area contributed by atoms with Gasteiger partial charge in [0, 0.05) is 6.54 Å². The van der Waals surface area contributed by atoms with Crippen molar-refractivity contribution in [1.82, 2.24) is 5.32 Å². The smallest absolute Gasteiger partial charge is 0.00144 e. The molecule has 1 spiro atoms. The van der Waals surface area contributed by atoms with E-state index in [0.29, 0.717) is 5.41 Å². The van der Waals surface area contributed by atoms with Crippen LogP contribution in [0.25, 0.3) is 0 Å². The summed E-state index contributed by atoms with van der Waals surface area (Å²) in [5.41, 5.74) is 3.57. The van der Waals surface area contributed by atoms with Crippen LogP contribution in [0.2, 0.25) is 0 Å². The molecule has 14 heavy (non-hydrogen) atoms. The summed E-state index contributed by atoms with van der Waals surface area (Å²) in [6.45, 7) is 4.62. The van der Waals surface area contributed by atoms with Crippen molar-refractivity contribution < 1.29 is 0 Å². The average Bonchev–Trinajstić information content (AvgIpc) is 2.68. The lowest BCUT2D eigenvalue weighted by molar-refractivity contribution is 0.549. The summed E-state index contributed by atoms with van der Waals surface area (Å²) in [7, 11) is 0. The molecular weight excluding hydrogens is 170 g/mol. The summed E-state index contributed by atoms with van der Waals surface area (Å²) in [5.74, 6) is 0.845. The molecule has 2 atom stereocenters. The Hall–Kier alpha value is -0.820. The highest BCUT2D eigenvalue weighted by Crippen LogP contribution is 2.62. The Kier molecular flexibility index (Phi) is 1.72. The van der Waals surface area contributed by atoms with Crippen LogP contribution in [0.1, 0.15) is 29.9 Å². The normalized spacial score (nSPS) is 35.1. The predicted molar refractivity (Wildman–Crippen MR) is 58.5 cm³/mol. The van der Waals surface area contributed by atoms with Gasteiger partial charge in [-0.05, 0) is 43.2 Å². The van der Waals surface area contributed by atoms with Gasteiger partial charge in [-0.25, -0.2) is 0 Å². The predicted octanol–water partition coefficient (Wildman–Crippen LogP) is 2.46. The molecule has 1 aromatic carbocycles. The fourth-order valence-corrected chi connectivity index (χ4v) is 2.85. The lowest BCUT2D eigenvalue weighted by Gasteiger charge is -2.07. The fourth-order valence-electron chi connectivity index (χ4n) is 2.85. The summed E-state index contributed by atoms with van der Waals surface area (Å²) >= 11 is 0. The van der Waals surface area contributed by atoms with E-state index < -0.39 is 0 Å². The van der Waals surface area contributed by atoms with Gasteiger partial charge in [0.1, 0.15) is 0 Å². The molecule has 1 aliphatic carbocycles. The Balaban J connectivity index is 1.82. The maximum absolute atomic E-state index is 3.49. The van der Waals surface area contributed by atoms with Crippen LogP contribution < -0.4 is 5.32 Å². The van der Waals surface area contributed by atoms with Crippen molar-refractivity contribution in [2.75, 3.05) is 13.1 Å². The van der Waals surface area contributed by atoms with Gasteiger partial charge < -0.3 is 5.32 Å². The van der Waals surface area contributed by atoms with Crippen molar-refractivity contribution in [3.63, 3.8) is 0 Å². The van der Waals surface area contributed by atoms with E-state index in [1.165, 1.54) is 31.5 Å². The molecule has 0 radical (unpaired) electrons. The molecule has 1 nitrogen and oxygen atoms in total. The zero-order valence-corrected chi connectivity index (χ0v) is 8.72. The minimum atomic E-state index is 0.648. The SMILES string of the molecule is Cc1ccc(C2C[C@]23CCNC3)cc1. The zero-order valence-electron chi connectivity index (χ0n) is 8.72. The summed E-state index contributed by atoms with van der Waals surface area (Å²) in [4.78, 5) is 0. The zero-order chi connectivity index (χ0) is 9.60. The molecule has 1 heterocycles. The van der Waals surface area contributed by atoms with E-state index in [9.17, 15) is 0 Å². The molecule has 1 saturated heterocycles. The summed E-state index contributed by atoms with van der Waals surface area (Å²) in [6, 6.07) is 9.10. The molecule has 0 bridgehead atoms. The van der Waals surface area contributed by atoms with Crippen LogP contribution in [-0.2, 0) is 0 Å². The van der Waals surface area contributed by atoms with Gasteiger partial charge in [0.15, 0.2) is 0 Å². The first-order valence-electron chi connectivity index (χ1n) is 5.57. The van der Waals surface area contributed by atoms with Crippen molar-refractivity contribution in [3.05, 3.63) is 35.4 Å². The van der Waals surface area contributed by atoms with Crippen LogP contribution in [0.3, 0.4) is 0 Å². The van der Waals surface area contributed by atoms with E-state index in [4.69, 9.17) is 0 Å². The average molecular weight is 187 g/mol. The summed E-state index contributed by atoms with van der Waals surface area (Å²) in [5, 5.41) is 3.49. The lowest BCUT2D eigenvalue weighted by atomic mass is 9.98. The lowest BCUT2D eigenvalue weighted by Crippen LogP contribution is -2.10. The second-order valence-corrected chi connectivity index (χ2v) is 4.96. The number of aryl methyl sites for hydroxylation is 1. The van der Waals surface area contributed by atoms with Gasteiger partial charge in [-0.2, -0.15) is 0 Å². The maximum atomic E-state index is 3.49. The molecule has 74 valence electrons. The van der Waals surface area contributed by atoms with Crippen molar-refractivity contribution in [2.24, 2.45) is 5.41 Å². The Morgan fingerprint density at radius 1 is 1.29 bits per heavy atom. The third kappa shape index (κ3) is 1.19. The van der Waals surface area contributed by atoms with Gasteiger partial charge in [0.05, 0.1) is 0 Å². The monoisotopic (exact) mass is 187 g/mol. The van der Waals surface area contributed by atoms with Gasteiger partial charge in [-0.1, -0.05) is 29.8 Å². The Bertz CT molecular complexity index is 333. The van der Waals surface area contributed by atoms with Crippen LogP contribution in [0.5, 0.6) is 0 Å². The van der Waals surface area contributed by atoms with Crippen molar-refractivity contribution in [1.29, 1.82) is 0 Å². The second kappa shape index (κ2) is 2.83. The maximum Gasteiger partial charge on any atom is 0.00144 e. The van der Waals surface area contributed by atoms with Gasteiger partial charge in [-0.15, -0.1) is 0 Å². The minimum Gasteiger partial charge on any atom is -0.316 e. The molecular formula is C13H17N. The third-order valence-corrected chi connectivity index (χ3v) is 3.95. The molecule has 1 N–H and O–H groups in total. The van der Waals surface area contributed by atoms with E-state index >= 15 is 0 Å². The highest BCUT2D eigenvalue weighted by Gasteiger charge is 2.55. The summed E-state index contributed by atoms with van der Waals surface area (Å²) < 4.78 is 0. The number of hydrogen-bond donors (Lipinski definition) is 1. The van der Waals surface area contributed by atoms with E-state index in [2.05, 4.69) is 36.5 Å². The molecule has 2 fully saturated rings. The van der Waals surface area contributed by atoms with Crippen LogP contribution in [0, 0.1) is 12.3 Å². The van der Waals surface area contributed by atoms with Gasteiger partial charge in [-0.3, -0.25) is 0 Å². The van der Waals surface area contributed by atoms with Crippen LogP contribution in [0.15, 0.2) is 24.3 Å². The molecule has 1 unspecified atom stereocenters. The molecule has 1 saturated carbocycles. The van der Waals surface area contributed by atoms with Gasteiger partial charge >= 0.3 is 0 Å². The number of hydrogen-bond acceptors (Lipinski definition) is 1. The second-order valence-electron chi connectivity index (χ2n) is 4.96. The van der Waals surface area contributed by atoms with E-state index in [-0.39, 0.29) is 0 Å². The third-order valence-electron chi connectivity index (χ3n) is 3.95. The largest absolute Gasteiger partial charge is 0.316 e. The standard InChI is InChI=1S/C13H17N/c1-10-2-4-11(5-3-10)12-8-13(12)6-7-14-9-13/h2-5,12,14H,6-9H2,1H3/t12?,13-/m0/s1.